The molecule has 0 saturated carbocycles. The van der Waals surface area contributed by atoms with E-state index in [1.807, 2.05) is 43.6 Å². The van der Waals surface area contributed by atoms with Gasteiger partial charge < -0.3 is 14.2 Å². The van der Waals surface area contributed by atoms with Gasteiger partial charge in [-0.05, 0) is 31.0 Å². The number of hydrogen-bond donors (Lipinski definition) is 0. The van der Waals surface area contributed by atoms with Crippen molar-refractivity contribution >= 4 is 28.5 Å². The van der Waals surface area contributed by atoms with Crippen molar-refractivity contribution in [1.82, 2.24) is 24.1 Å². The zero-order valence-electron chi connectivity index (χ0n) is 20.9. The summed E-state index contributed by atoms with van der Waals surface area (Å²) in [5, 5.41) is 5.55. The lowest BCUT2D eigenvalue weighted by atomic mass is 10.1. The Bertz CT molecular complexity index is 1510. The standard InChI is InChI=1S/C28H30N6O2/c1-4-6-15-33-19-23(21-13-10-14-29-26(21)33)24-16-25(32(3)18-20-11-8-7-9-12-20)34-27(31-24)22(17-30-34)28(35)36-5-2/h7-14,16-17,19H,4-6,15,18H2,1-3H3. The number of fused-ring (bicyclic) bond motifs is 2. The van der Waals surface area contributed by atoms with Crippen molar-refractivity contribution < 1.29 is 9.53 Å². The quantitative estimate of drug-likeness (QED) is 0.263. The van der Waals surface area contributed by atoms with Crippen LogP contribution >= 0.6 is 0 Å². The van der Waals surface area contributed by atoms with Gasteiger partial charge in [0.1, 0.15) is 17.0 Å². The molecule has 184 valence electrons. The first-order valence-corrected chi connectivity index (χ1v) is 12.4. The summed E-state index contributed by atoms with van der Waals surface area (Å²) in [7, 11) is 2.02. The normalized spacial score (nSPS) is 11.3. The van der Waals surface area contributed by atoms with E-state index in [-0.39, 0.29) is 6.61 Å². The molecule has 0 unspecified atom stereocenters. The molecule has 8 nitrogen and oxygen atoms in total. The monoisotopic (exact) mass is 482 g/mol. The Morgan fingerprint density at radius 2 is 1.92 bits per heavy atom. The van der Waals surface area contributed by atoms with Crippen LogP contribution in [0.1, 0.15) is 42.6 Å². The molecule has 0 aliphatic heterocycles. The average molecular weight is 483 g/mol. The topological polar surface area (TPSA) is 77.5 Å². The Hall–Kier alpha value is -4.20. The number of ether oxygens (including phenoxy) is 1. The number of nitrogens with zero attached hydrogens (tertiary/aromatic N) is 6. The van der Waals surface area contributed by atoms with Crippen LogP contribution in [0.25, 0.3) is 27.9 Å². The molecule has 5 aromatic rings. The molecule has 0 amide bonds. The molecule has 0 atom stereocenters. The molecule has 0 spiro atoms. The van der Waals surface area contributed by atoms with Crippen LogP contribution in [0, 0.1) is 0 Å². The third-order valence-corrected chi connectivity index (χ3v) is 6.26. The van der Waals surface area contributed by atoms with Crippen LogP contribution in [0.2, 0.25) is 0 Å². The van der Waals surface area contributed by atoms with Crippen LogP contribution < -0.4 is 4.90 Å². The van der Waals surface area contributed by atoms with E-state index in [4.69, 9.17) is 9.72 Å². The molecule has 0 N–H and O–H groups in total. The highest BCUT2D eigenvalue weighted by Gasteiger charge is 2.22. The van der Waals surface area contributed by atoms with E-state index in [0.29, 0.717) is 17.8 Å². The summed E-state index contributed by atoms with van der Waals surface area (Å²) in [5.74, 6) is 0.397. The highest BCUT2D eigenvalue weighted by molar-refractivity contribution is 5.98. The second kappa shape index (κ2) is 10.2. The molecule has 5 rings (SSSR count). The first-order valence-electron chi connectivity index (χ1n) is 12.4. The van der Waals surface area contributed by atoms with Crippen LogP contribution in [-0.2, 0) is 17.8 Å². The van der Waals surface area contributed by atoms with Crippen LogP contribution in [-0.4, -0.2) is 43.8 Å². The van der Waals surface area contributed by atoms with E-state index in [9.17, 15) is 4.79 Å². The van der Waals surface area contributed by atoms with Crippen LogP contribution in [0.5, 0.6) is 0 Å². The van der Waals surface area contributed by atoms with Gasteiger partial charge in [-0.2, -0.15) is 9.61 Å². The van der Waals surface area contributed by atoms with Gasteiger partial charge in [-0.3, -0.25) is 0 Å². The van der Waals surface area contributed by atoms with Crippen molar-refractivity contribution in [3.05, 3.63) is 78.2 Å². The number of hydrogen-bond acceptors (Lipinski definition) is 6. The number of unbranched alkanes of at least 4 members (excludes halogenated alkanes) is 1. The van der Waals surface area contributed by atoms with Crippen molar-refractivity contribution in [3.8, 4) is 11.3 Å². The largest absolute Gasteiger partial charge is 0.462 e. The average Bonchev–Trinajstić information content (AvgIpc) is 3.49. The predicted molar refractivity (Wildman–Crippen MR) is 141 cm³/mol. The maximum absolute atomic E-state index is 12.7. The zero-order valence-corrected chi connectivity index (χ0v) is 20.9. The minimum atomic E-state index is -0.430. The zero-order chi connectivity index (χ0) is 25.1. The van der Waals surface area contributed by atoms with Gasteiger partial charge in [-0.25, -0.2) is 14.8 Å². The summed E-state index contributed by atoms with van der Waals surface area (Å²) >= 11 is 0. The maximum atomic E-state index is 12.7. The van der Waals surface area contributed by atoms with Gasteiger partial charge in [0.2, 0.25) is 0 Å². The van der Waals surface area contributed by atoms with Gasteiger partial charge in [-0.15, -0.1) is 0 Å². The second-order valence-electron chi connectivity index (χ2n) is 8.82. The summed E-state index contributed by atoms with van der Waals surface area (Å²) in [6, 6.07) is 16.3. The summed E-state index contributed by atoms with van der Waals surface area (Å²) in [4.78, 5) is 24.4. The molecular formula is C28H30N6O2. The van der Waals surface area contributed by atoms with Gasteiger partial charge >= 0.3 is 5.97 Å². The van der Waals surface area contributed by atoms with Crippen molar-refractivity contribution in [3.63, 3.8) is 0 Å². The van der Waals surface area contributed by atoms with E-state index >= 15 is 0 Å². The fourth-order valence-corrected chi connectivity index (χ4v) is 4.47. The van der Waals surface area contributed by atoms with E-state index in [2.05, 4.69) is 50.9 Å². The smallest absolute Gasteiger partial charge is 0.343 e. The predicted octanol–water partition coefficient (Wildman–Crippen LogP) is 5.36. The minimum Gasteiger partial charge on any atom is -0.462 e. The number of rotatable bonds is 9. The van der Waals surface area contributed by atoms with Crippen molar-refractivity contribution in [2.75, 3.05) is 18.6 Å². The van der Waals surface area contributed by atoms with Crippen LogP contribution in [0.15, 0.2) is 67.1 Å². The lowest BCUT2D eigenvalue weighted by Gasteiger charge is -2.21. The molecule has 0 aliphatic carbocycles. The molecular weight excluding hydrogens is 452 g/mol. The lowest BCUT2D eigenvalue weighted by Crippen LogP contribution is -2.20. The third kappa shape index (κ3) is 4.42. The number of aromatic nitrogens is 5. The minimum absolute atomic E-state index is 0.285. The van der Waals surface area contributed by atoms with Gasteiger partial charge in [0, 0.05) is 49.5 Å². The Morgan fingerprint density at radius 3 is 2.69 bits per heavy atom. The van der Waals surface area contributed by atoms with Crippen molar-refractivity contribution in [2.24, 2.45) is 0 Å². The number of aryl methyl sites for hydroxylation is 1. The highest BCUT2D eigenvalue weighted by Crippen LogP contribution is 2.32. The third-order valence-electron chi connectivity index (χ3n) is 6.26. The SMILES string of the molecule is CCCCn1cc(-c2cc(N(C)Cc3ccccc3)n3ncc(C(=O)OCC)c3n2)c2cccnc21. The highest BCUT2D eigenvalue weighted by atomic mass is 16.5. The molecule has 4 heterocycles. The van der Waals surface area contributed by atoms with Gasteiger partial charge in [0.15, 0.2) is 5.65 Å². The van der Waals surface area contributed by atoms with Gasteiger partial charge in [0.05, 0.1) is 18.5 Å². The molecule has 0 saturated heterocycles. The number of pyridine rings is 1. The summed E-state index contributed by atoms with van der Waals surface area (Å²) in [6.07, 6.45) is 7.63. The maximum Gasteiger partial charge on any atom is 0.343 e. The van der Waals surface area contributed by atoms with E-state index in [1.165, 1.54) is 11.8 Å². The summed E-state index contributed by atoms with van der Waals surface area (Å²) in [6.45, 7) is 5.81. The molecule has 8 heteroatoms. The molecule has 0 radical (unpaired) electrons. The van der Waals surface area contributed by atoms with E-state index in [0.717, 1.165) is 47.5 Å². The summed E-state index contributed by atoms with van der Waals surface area (Å²) in [5.41, 5.74) is 4.66. The fraction of sp³-hybridized carbons (Fsp3) is 0.286. The molecule has 36 heavy (non-hydrogen) atoms. The lowest BCUT2D eigenvalue weighted by molar-refractivity contribution is 0.0528. The fourth-order valence-electron chi connectivity index (χ4n) is 4.47. The van der Waals surface area contributed by atoms with Gasteiger partial charge in [0.25, 0.3) is 0 Å². The van der Waals surface area contributed by atoms with E-state index in [1.54, 1.807) is 11.4 Å². The number of carbonyl (C=O) groups excluding carboxylic acids is 1. The molecule has 1 aromatic carbocycles. The molecule has 0 aliphatic rings. The number of anilines is 1. The summed E-state index contributed by atoms with van der Waals surface area (Å²) < 4.78 is 9.20. The van der Waals surface area contributed by atoms with Crippen LogP contribution in [0.4, 0.5) is 5.82 Å². The van der Waals surface area contributed by atoms with Crippen molar-refractivity contribution in [1.29, 1.82) is 0 Å². The molecule has 0 bridgehead atoms. The van der Waals surface area contributed by atoms with Crippen molar-refractivity contribution in [2.45, 2.75) is 39.8 Å². The van der Waals surface area contributed by atoms with Gasteiger partial charge in [-0.1, -0.05) is 43.7 Å². The Labute approximate surface area is 210 Å². The number of benzene rings is 1. The molecule has 0 fully saturated rings. The number of carbonyl (C=O) groups is 1. The Balaban J connectivity index is 1.69. The van der Waals surface area contributed by atoms with E-state index < -0.39 is 5.97 Å². The molecule has 4 aromatic heterocycles. The second-order valence-corrected chi connectivity index (χ2v) is 8.82. The van der Waals surface area contributed by atoms with Crippen LogP contribution in [0.3, 0.4) is 0 Å². The first kappa shape index (κ1) is 23.5. The Morgan fingerprint density at radius 1 is 1.08 bits per heavy atom. The first-order chi connectivity index (χ1) is 17.6. The number of esters is 1. The Kier molecular flexibility index (Phi) is 6.66.